The molecule has 0 spiro atoms. The molecule has 1 aromatic heterocycles. The Balaban J connectivity index is 2.70. The molecule has 0 atom stereocenters. The molecular weight excluding hydrogens is 238 g/mol. The Labute approximate surface area is 105 Å². The molecule has 0 fully saturated rings. The van der Waals surface area contributed by atoms with Gasteiger partial charge in [0.05, 0.1) is 11.6 Å². The molecule has 0 radical (unpaired) electrons. The standard InChI is InChI=1S/C11H19N3O2S/c1-2-5-14(6-7-15)11(16)9-8-17-10(13-9)3-4-12/h8,15H,2-7,12H2,1H3. The second-order valence-electron chi connectivity index (χ2n) is 3.68. The van der Waals surface area contributed by atoms with Gasteiger partial charge in [-0.3, -0.25) is 4.79 Å². The molecule has 0 bridgehead atoms. The third kappa shape index (κ3) is 4.07. The fourth-order valence-electron chi connectivity index (χ4n) is 1.51. The van der Waals surface area contributed by atoms with Crippen LogP contribution >= 0.6 is 11.3 Å². The van der Waals surface area contributed by atoms with Gasteiger partial charge < -0.3 is 15.7 Å². The number of rotatable bonds is 7. The first kappa shape index (κ1) is 14.1. The number of carbonyl (C=O) groups is 1. The molecule has 1 heterocycles. The second kappa shape index (κ2) is 7.37. The van der Waals surface area contributed by atoms with Crippen molar-refractivity contribution < 1.29 is 9.90 Å². The normalized spacial score (nSPS) is 10.5. The molecule has 0 unspecified atom stereocenters. The van der Waals surface area contributed by atoms with Gasteiger partial charge in [0.2, 0.25) is 0 Å². The Kier molecular flexibility index (Phi) is 6.10. The molecule has 0 aliphatic rings. The summed E-state index contributed by atoms with van der Waals surface area (Å²) < 4.78 is 0. The number of hydrogen-bond donors (Lipinski definition) is 2. The van der Waals surface area contributed by atoms with Crippen LogP contribution in [0.3, 0.4) is 0 Å². The van der Waals surface area contributed by atoms with Crippen molar-refractivity contribution in [2.45, 2.75) is 19.8 Å². The van der Waals surface area contributed by atoms with Crippen LogP contribution in [-0.2, 0) is 6.42 Å². The van der Waals surface area contributed by atoms with E-state index in [0.717, 1.165) is 11.4 Å². The van der Waals surface area contributed by atoms with Gasteiger partial charge in [0.1, 0.15) is 5.69 Å². The molecule has 0 aliphatic heterocycles. The molecule has 0 aromatic carbocycles. The summed E-state index contributed by atoms with van der Waals surface area (Å²) in [7, 11) is 0. The number of nitrogens with zero attached hydrogens (tertiary/aromatic N) is 2. The number of nitrogens with two attached hydrogens (primary N) is 1. The van der Waals surface area contributed by atoms with Crippen LogP contribution in [-0.4, -0.2) is 47.1 Å². The van der Waals surface area contributed by atoms with Gasteiger partial charge in [-0.2, -0.15) is 0 Å². The largest absolute Gasteiger partial charge is 0.395 e. The molecule has 3 N–H and O–H groups in total. The zero-order valence-electron chi connectivity index (χ0n) is 10.1. The Hall–Kier alpha value is -0.980. The number of hydrogen-bond acceptors (Lipinski definition) is 5. The summed E-state index contributed by atoms with van der Waals surface area (Å²) in [5.74, 6) is -0.111. The molecule has 1 amide bonds. The summed E-state index contributed by atoms with van der Waals surface area (Å²) in [6, 6.07) is 0. The zero-order chi connectivity index (χ0) is 12.7. The number of aromatic nitrogens is 1. The quantitative estimate of drug-likeness (QED) is 0.745. The smallest absolute Gasteiger partial charge is 0.273 e. The van der Waals surface area contributed by atoms with E-state index >= 15 is 0 Å². The number of thiazole rings is 1. The highest BCUT2D eigenvalue weighted by molar-refractivity contribution is 7.09. The average molecular weight is 257 g/mol. The van der Waals surface area contributed by atoms with E-state index in [2.05, 4.69) is 4.98 Å². The fraction of sp³-hybridized carbons (Fsp3) is 0.636. The van der Waals surface area contributed by atoms with E-state index in [0.29, 0.717) is 31.7 Å². The van der Waals surface area contributed by atoms with Gasteiger partial charge in [0, 0.05) is 24.9 Å². The second-order valence-corrected chi connectivity index (χ2v) is 4.62. The first-order chi connectivity index (χ1) is 8.22. The SMILES string of the molecule is CCCN(CCO)C(=O)c1csc(CCN)n1. The van der Waals surface area contributed by atoms with E-state index in [9.17, 15) is 4.79 Å². The van der Waals surface area contributed by atoms with Crippen molar-refractivity contribution in [3.8, 4) is 0 Å². The van der Waals surface area contributed by atoms with Crippen molar-refractivity contribution in [1.82, 2.24) is 9.88 Å². The van der Waals surface area contributed by atoms with Crippen molar-refractivity contribution in [2.24, 2.45) is 5.73 Å². The van der Waals surface area contributed by atoms with Gasteiger partial charge >= 0.3 is 0 Å². The molecule has 0 saturated heterocycles. The van der Waals surface area contributed by atoms with Gasteiger partial charge in [-0.25, -0.2) is 4.98 Å². The summed E-state index contributed by atoms with van der Waals surface area (Å²) in [6.45, 7) is 3.51. The molecule has 1 aromatic rings. The van der Waals surface area contributed by atoms with Gasteiger partial charge in [0.25, 0.3) is 5.91 Å². The Morgan fingerprint density at radius 1 is 1.59 bits per heavy atom. The monoisotopic (exact) mass is 257 g/mol. The summed E-state index contributed by atoms with van der Waals surface area (Å²) >= 11 is 1.45. The fourth-order valence-corrected chi connectivity index (χ4v) is 2.30. The molecule has 0 saturated carbocycles. The predicted octanol–water partition coefficient (Wildman–Crippen LogP) is 0.489. The topological polar surface area (TPSA) is 79.5 Å². The summed E-state index contributed by atoms with van der Waals surface area (Å²) in [4.78, 5) is 17.9. The highest BCUT2D eigenvalue weighted by atomic mass is 32.1. The number of amides is 1. The van der Waals surface area contributed by atoms with Crippen molar-refractivity contribution in [2.75, 3.05) is 26.2 Å². The van der Waals surface area contributed by atoms with Gasteiger partial charge in [-0.15, -0.1) is 11.3 Å². The van der Waals surface area contributed by atoms with E-state index in [1.165, 1.54) is 11.3 Å². The van der Waals surface area contributed by atoms with Crippen molar-refractivity contribution >= 4 is 17.2 Å². The number of aliphatic hydroxyl groups excluding tert-OH is 1. The minimum Gasteiger partial charge on any atom is -0.395 e. The lowest BCUT2D eigenvalue weighted by Gasteiger charge is -2.19. The lowest BCUT2D eigenvalue weighted by Crippen LogP contribution is -2.34. The van der Waals surface area contributed by atoms with E-state index in [1.54, 1.807) is 10.3 Å². The summed E-state index contributed by atoms with van der Waals surface area (Å²) in [5, 5.41) is 11.6. The van der Waals surface area contributed by atoms with Crippen LogP contribution in [0.25, 0.3) is 0 Å². The molecule has 5 nitrogen and oxygen atoms in total. The van der Waals surface area contributed by atoms with Crippen molar-refractivity contribution in [1.29, 1.82) is 0 Å². The van der Waals surface area contributed by atoms with Crippen LogP contribution in [0, 0.1) is 0 Å². The van der Waals surface area contributed by atoms with Crippen LogP contribution in [0.1, 0.15) is 28.8 Å². The maximum absolute atomic E-state index is 12.1. The minimum atomic E-state index is -0.111. The highest BCUT2D eigenvalue weighted by Gasteiger charge is 2.17. The number of aliphatic hydroxyl groups is 1. The maximum Gasteiger partial charge on any atom is 0.273 e. The van der Waals surface area contributed by atoms with Crippen LogP contribution in [0.15, 0.2) is 5.38 Å². The molecule has 96 valence electrons. The lowest BCUT2D eigenvalue weighted by atomic mass is 10.3. The van der Waals surface area contributed by atoms with Crippen LogP contribution in [0.2, 0.25) is 0 Å². The molecule has 0 aliphatic carbocycles. The zero-order valence-corrected chi connectivity index (χ0v) is 10.9. The first-order valence-electron chi connectivity index (χ1n) is 5.77. The predicted molar refractivity (Wildman–Crippen MR) is 68.2 cm³/mol. The molecule has 6 heteroatoms. The van der Waals surface area contributed by atoms with E-state index in [4.69, 9.17) is 10.8 Å². The van der Waals surface area contributed by atoms with Crippen LogP contribution in [0.4, 0.5) is 0 Å². The molecule has 17 heavy (non-hydrogen) atoms. The highest BCUT2D eigenvalue weighted by Crippen LogP contribution is 2.12. The van der Waals surface area contributed by atoms with E-state index < -0.39 is 0 Å². The molecule has 1 rings (SSSR count). The first-order valence-corrected chi connectivity index (χ1v) is 6.65. The van der Waals surface area contributed by atoms with Crippen molar-refractivity contribution in [3.05, 3.63) is 16.1 Å². The Bertz CT molecular complexity index is 348. The summed E-state index contributed by atoms with van der Waals surface area (Å²) in [6.07, 6.45) is 1.57. The maximum atomic E-state index is 12.1. The Morgan fingerprint density at radius 3 is 2.94 bits per heavy atom. The number of carbonyl (C=O) groups excluding carboxylic acids is 1. The third-order valence-electron chi connectivity index (χ3n) is 2.28. The third-order valence-corrected chi connectivity index (χ3v) is 3.19. The van der Waals surface area contributed by atoms with Crippen LogP contribution < -0.4 is 5.73 Å². The minimum absolute atomic E-state index is 0.0223. The van der Waals surface area contributed by atoms with E-state index in [-0.39, 0.29) is 12.5 Å². The van der Waals surface area contributed by atoms with Gasteiger partial charge in [-0.05, 0) is 13.0 Å². The van der Waals surface area contributed by atoms with Gasteiger partial charge in [0.15, 0.2) is 0 Å². The lowest BCUT2D eigenvalue weighted by molar-refractivity contribution is 0.0716. The average Bonchev–Trinajstić information content (AvgIpc) is 2.77. The van der Waals surface area contributed by atoms with E-state index in [1.807, 2.05) is 6.92 Å². The Morgan fingerprint density at radius 2 is 2.35 bits per heavy atom. The van der Waals surface area contributed by atoms with Crippen LogP contribution in [0.5, 0.6) is 0 Å². The van der Waals surface area contributed by atoms with Gasteiger partial charge in [-0.1, -0.05) is 6.92 Å². The molecular formula is C11H19N3O2S. The van der Waals surface area contributed by atoms with Crippen molar-refractivity contribution in [3.63, 3.8) is 0 Å². The summed E-state index contributed by atoms with van der Waals surface area (Å²) in [5.41, 5.74) is 5.90.